The fourth-order valence-corrected chi connectivity index (χ4v) is 2.82. The lowest BCUT2D eigenvalue weighted by Gasteiger charge is -2.10. The van der Waals surface area contributed by atoms with Crippen LogP contribution in [-0.4, -0.2) is 33.2 Å². The van der Waals surface area contributed by atoms with Gasteiger partial charge >= 0.3 is 0 Å². The highest BCUT2D eigenvalue weighted by molar-refractivity contribution is 5.82. The summed E-state index contributed by atoms with van der Waals surface area (Å²) in [6.07, 6.45) is 1.69. The highest BCUT2D eigenvalue weighted by atomic mass is 16.6. The van der Waals surface area contributed by atoms with Gasteiger partial charge in [0.2, 0.25) is 5.95 Å². The SMILES string of the molecule is COc1cc(/C=N/Nc2nc3ccccc3n2C)ccc1OCc1nonc1C. The number of nitrogens with one attached hydrogen (secondary N) is 1. The normalized spacial score (nSPS) is 11.3. The summed E-state index contributed by atoms with van der Waals surface area (Å²) in [6, 6.07) is 13.4. The third kappa shape index (κ3) is 3.88. The van der Waals surface area contributed by atoms with Gasteiger partial charge in [0.05, 0.1) is 24.4 Å². The lowest BCUT2D eigenvalue weighted by Crippen LogP contribution is -2.01. The predicted molar refractivity (Wildman–Crippen MR) is 108 cm³/mol. The van der Waals surface area contributed by atoms with Crippen LogP contribution in [0, 0.1) is 6.92 Å². The van der Waals surface area contributed by atoms with Crippen LogP contribution in [0.3, 0.4) is 0 Å². The molecule has 4 aromatic rings. The zero-order valence-corrected chi connectivity index (χ0v) is 16.3. The summed E-state index contributed by atoms with van der Waals surface area (Å²) >= 11 is 0. The molecule has 0 aliphatic rings. The average molecular weight is 392 g/mol. The lowest BCUT2D eigenvalue weighted by molar-refractivity contribution is 0.260. The molecule has 2 aromatic carbocycles. The number of rotatable bonds is 7. The summed E-state index contributed by atoms with van der Waals surface area (Å²) < 4.78 is 17.8. The number of hydrogen-bond donors (Lipinski definition) is 1. The van der Waals surface area contributed by atoms with Crippen LogP contribution in [0.15, 0.2) is 52.2 Å². The van der Waals surface area contributed by atoms with Crippen LogP contribution in [0.4, 0.5) is 5.95 Å². The van der Waals surface area contributed by atoms with Crippen molar-refractivity contribution in [2.24, 2.45) is 12.1 Å². The van der Waals surface area contributed by atoms with Gasteiger partial charge in [-0.05, 0) is 42.8 Å². The molecule has 2 heterocycles. The Hall–Kier alpha value is -3.88. The van der Waals surface area contributed by atoms with Crippen molar-refractivity contribution in [3.05, 3.63) is 59.4 Å². The zero-order chi connectivity index (χ0) is 20.2. The molecule has 148 valence electrons. The summed E-state index contributed by atoms with van der Waals surface area (Å²) in [5.74, 6) is 1.84. The molecule has 0 aliphatic carbocycles. The first-order valence-electron chi connectivity index (χ1n) is 8.95. The molecule has 29 heavy (non-hydrogen) atoms. The molecule has 0 radical (unpaired) electrons. The highest BCUT2D eigenvalue weighted by Gasteiger charge is 2.10. The number of fused-ring (bicyclic) bond motifs is 1. The first-order chi connectivity index (χ1) is 14.2. The van der Waals surface area contributed by atoms with Crippen LogP contribution in [0.1, 0.15) is 17.0 Å². The minimum Gasteiger partial charge on any atom is -0.493 e. The quantitative estimate of drug-likeness (QED) is 0.380. The van der Waals surface area contributed by atoms with Crippen molar-refractivity contribution in [1.29, 1.82) is 0 Å². The minimum absolute atomic E-state index is 0.243. The van der Waals surface area contributed by atoms with E-state index in [0.717, 1.165) is 16.6 Å². The van der Waals surface area contributed by atoms with Crippen LogP contribution in [-0.2, 0) is 13.7 Å². The Bertz CT molecular complexity index is 1160. The van der Waals surface area contributed by atoms with Crippen LogP contribution in [0.2, 0.25) is 0 Å². The molecular weight excluding hydrogens is 372 g/mol. The van der Waals surface area contributed by atoms with Gasteiger partial charge in [-0.15, -0.1) is 0 Å². The Morgan fingerprint density at radius 1 is 1.17 bits per heavy atom. The molecule has 9 heteroatoms. The fourth-order valence-electron chi connectivity index (χ4n) is 2.82. The number of imidazole rings is 1. The van der Waals surface area contributed by atoms with E-state index in [1.807, 2.05) is 61.0 Å². The monoisotopic (exact) mass is 392 g/mol. The lowest BCUT2D eigenvalue weighted by atomic mass is 10.2. The van der Waals surface area contributed by atoms with E-state index in [4.69, 9.17) is 9.47 Å². The molecular formula is C20H20N6O3. The number of aromatic nitrogens is 4. The van der Waals surface area contributed by atoms with E-state index in [1.54, 1.807) is 13.3 Å². The number of methoxy groups -OCH3 is 1. The second kappa shape index (κ2) is 8.01. The first-order valence-corrected chi connectivity index (χ1v) is 8.95. The predicted octanol–water partition coefficient (Wildman–Crippen LogP) is 3.30. The molecule has 0 fully saturated rings. The van der Waals surface area contributed by atoms with Crippen LogP contribution < -0.4 is 14.9 Å². The molecule has 0 amide bonds. The van der Waals surface area contributed by atoms with E-state index in [1.165, 1.54) is 0 Å². The summed E-state index contributed by atoms with van der Waals surface area (Å²) in [4.78, 5) is 4.52. The molecule has 9 nitrogen and oxygen atoms in total. The second-order valence-corrected chi connectivity index (χ2v) is 6.35. The Morgan fingerprint density at radius 2 is 2.03 bits per heavy atom. The van der Waals surface area contributed by atoms with Crippen LogP contribution in [0.5, 0.6) is 11.5 Å². The number of hydrazone groups is 1. The van der Waals surface area contributed by atoms with Gasteiger partial charge in [-0.1, -0.05) is 22.4 Å². The topological polar surface area (TPSA) is 99.6 Å². The van der Waals surface area contributed by atoms with Gasteiger partial charge < -0.3 is 14.0 Å². The molecule has 0 aliphatic heterocycles. The standard InChI is InChI=1S/C20H20N6O3/c1-13-16(25-29-24-13)12-28-18-9-8-14(10-19(18)27-3)11-21-23-20-22-15-6-4-5-7-17(15)26(20)2/h4-11H,12H2,1-3H3,(H,22,23)/b21-11+. The Labute approximate surface area is 166 Å². The Balaban J connectivity index is 1.45. The third-order valence-electron chi connectivity index (χ3n) is 4.46. The van der Waals surface area contributed by atoms with Crippen molar-refractivity contribution in [3.63, 3.8) is 0 Å². The Morgan fingerprint density at radius 3 is 2.79 bits per heavy atom. The van der Waals surface area contributed by atoms with E-state index in [0.29, 0.717) is 28.8 Å². The first kappa shape index (κ1) is 18.5. The fraction of sp³-hybridized carbons (Fsp3) is 0.200. The van der Waals surface area contributed by atoms with E-state index < -0.39 is 0 Å². The minimum atomic E-state index is 0.243. The number of ether oxygens (including phenoxy) is 2. The zero-order valence-electron chi connectivity index (χ0n) is 16.3. The van der Waals surface area contributed by atoms with Gasteiger partial charge in [0.1, 0.15) is 18.0 Å². The van der Waals surface area contributed by atoms with Gasteiger partial charge in [-0.3, -0.25) is 0 Å². The molecule has 1 N–H and O–H groups in total. The smallest absolute Gasteiger partial charge is 0.224 e. The van der Waals surface area contributed by atoms with E-state index in [2.05, 4.69) is 30.5 Å². The van der Waals surface area contributed by atoms with Crippen molar-refractivity contribution < 1.29 is 14.1 Å². The molecule has 0 atom stereocenters. The van der Waals surface area contributed by atoms with Gasteiger partial charge in [0.25, 0.3) is 0 Å². The molecule has 4 rings (SSSR count). The number of aryl methyl sites for hydroxylation is 2. The Kier molecular flexibility index (Phi) is 5.10. The maximum Gasteiger partial charge on any atom is 0.224 e. The summed E-state index contributed by atoms with van der Waals surface area (Å²) in [5, 5.41) is 11.8. The molecule has 0 saturated carbocycles. The van der Waals surface area contributed by atoms with Crippen LogP contribution >= 0.6 is 0 Å². The van der Waals surface area contributed by atoms with Crippen molar-refractivity contribution >= 4 is 23.2 Å². The number of hydrogen-bond acceptors (Lipinski definition) is 8. The van der Waals surface area contributed by atoms with E-state index in [9.17, 15) is 0 Å². The molecule has 0 bridgehead atoms. The second-order valence-electron chi connectivity index (χ2n) is 6.35. The van der Waals surface area contributed by atoms with E-state index >= 15 is 0 Å². The van der Waals surface area contributed by atoms with Crippen molar-refractivity contribution in [2.45, 2.75) is 13.5 Å². The third-order valence-corrected chi connectivity index (χ3v) is 4.46. The van der Waals surface area contributed by atoms with Crippen molar-refractivity contribution in [3.8, 4) is 11.5 Å². The highest BCUT2D eigenvalue weighted by Crippen LogP contribution is 2.28. The number of anilines is 1. The largest absolute Gasteiger partial charge is 0.493 e. The van der Waals surface area contributed by atoms with Gasteiger partial charge in [-0.25, -0.2) is 15.0 Å². The molecule has 0 spiro atoms. The summed E-state index contributed by atoms with van der Waals surface area (Å²) in [5.41, 5.74) is 7.11. The number of benzene rings is 2. The molecule has 0 unspecified atom stereocenters. The summed E-state index contributed by atoms with van der Waals surface area (Å²) in [6.45, 7) is 2.05. The number of nitrogens with zero attached hydrogens (tertiary/aromatic N) is 5. The van der Waals surface area contributed by atoms with Crippen LogP contribution in [0.25, 0.3) is 11.0 Å². The van der Waals surface area contributed by atoms with Gasteiger partial charge in [0, 0.05) is 7.05 Å². The van der Waals surface area contributed by atoms with Crippen molar-refractivity contribution in [2.75, 3.05) is 12.5 Å². The van der Waals surface area contributed by atoms with Gasteiger partial charge in [0.15, 0.2) is 11.5 Å². The van der Waals surface area contributed by atoms with Crippen molar-refractivity contribution in [1.82, 2.24) is 19.9 Å². The maximum absolute atomic E-state index is 5.77. The summed E-state index contributed by atoms with van der Waals surface area (Å²) in [7, 11) is 3.53. The van der Waals surface area contributed by atoms with Gasteiger partial charge in [-0.2, -0.15) is 5.10 Å². The molecule has 2 aromatic heterocycles. The number of para-hydroxylation sites is 2. The van der Waals surface area contributed by atoms with E-state index in [-0.39, 0.29) is 6.61 Å². The average Bonchev–Trinajstić information content (AvgIpc) is 3.30. The maximum atomic E-state index is 5.77. The molecule has 0 saturated heterocycles.